The lowest BCUT2D eigenvalue weighted by atomic mass is 9.84. The predicted molar refractivity (Wildman–Crippen MR) is 93.2 cm³/mol. The topological polar surface area (TPSA) is 98.0 Å². The lowest BCUT2D eigenvalue weighted by molar-refractivity contribution is 0.1000. The molecule has 1 aliphatic carbocycles. The molecular weight excluding hydrogens is 324 g/mol. The fourth-order valence-corrected chi connectivity index (χ4v) is 4.60. The summed E-state index contributed by atoms with van der Waals surface area (Å²) in [6, 6.07) is 0. The van der Waals surface area contributed by atoms with Crippen LogP contribution in [0.25, 0.3) is 0 Å². The molecule has 0 radical (unpaired) electrons. The number of aromatic nitrogens is 2. The Labute approximate surface area is 144 Å². The van der Waals surface area contributed by atoms with Crippen molar-refractivity contribution in [3.05, 3.63) is 40.3 Å². The average molecular weight is 344 g/mol. The monoisotopic (exact) mass is 344 g/mol. The van der Waals surface area contributed by atoms with Crippen molar-refractivity contribution in [3.63, 3.8) is 0 Å². The maximum atomic E-state index is 12.3. The van der Waals surface area contributed by atoms with Gasteiger partial charge in [-0.05, 0) is 30.7 Å². The SMILES string of the molecule is CCCC1CCc2c(sc(NC(=O)c3cnccn3)c2C(N)=O)C1. The molecule has 0 aromatic carbocycles. The van der Waals surface area contributed by atoms with Gasteiger partial charge in [0.2, 0.25) is 0 Å². The number of rotatable bonds is 5. The van der Waals surface area contributed by atoms with Gasteiger partial charge in [-0.25, -0.2) is 4.98 Å². The highest BCUT2D eigenvalue weighted by atomic mass is 32.1. The van der Waals surface area contributed by atoms with Crippen molar-refractivity contribution in [3.8, 4) is 0 Å². The van der Waals surface area contributed by atoms with Crippen molar-refractivity contribution in [2.75, 3.05) is 5.32 Å². The third-order valence-corrected chi connectivity index (χ3v) is 5.50. The van der Waals surface area contributed by atoms with Gasteiger partial charge in [-0.1, -0.05) is 19.8 Å². The summed E-state index contributed by atoms with van der Waals surface area (Å²) in [5.41, 5.74) is 7.26. The van der Waals surface area contributed by atoms with E-state index in [0.717, 1.165) is 31.2 Å². The highest BCUT2D eigenvalue weighted by molar-refractivity contribution is 7.17. The summed E-state index contributed by atoms with van der Waals surface area (Å²) in [5.74, 6) is -0.226. The summed E-state index contributed by atoms with van der Waals surface area (Å²) in [6.07, 6.45) is 9.56. The Morgan fingerprint density at radius 3 is 2.92 bits per heavy atom. The summed E-state index contributed by atoms with van der Waals surface area (Å²) < 4.78 is 0. The van der Waals surface area contributed by atoms with Gasteiger partial charge in [-0.15, -0.1) is 11.3 Å². The van der Waals surface area contributed by atoms with Crippen LogP contribution in [-0.4, -0.2) is 21.8 Å². The van der Waals surface area contributed by atoms with Crippen LogP contribution in [-0.2, 0) is 12.8 Å². The summed E-state index contributed by atoms with van der Waals surface area (Å²) >= 11 is 1.46. The Morgan fingerprint density at radius 1 is 1.42 bits per heavy atom. The van der Waals surface area contributed by atoms with Crippen LogP contribution in [0.3, 0.4) is 0 Å². The predicted octanol–water partition coefficient (Wildman–Crippen LogP) is 2.79. The Kier molecular flexibility index (Phi) is 4.89. The first kappa shape index (κ1) is 16.6. The first-order valence-electron chi connectivity index (χ1n) is 8.11. The number of nitrogens with two attached hydrogens (primary N) is 1. The number of carbonyl (C=O) groups is 2. The average Bonchev–Trinajstić information content (AvgIpc) is 2.93. The first-order chi connectivity index (χ1) is 11.6. The highest BCUT2D eigenvalue weighted by Gasteiger charge is 2.28. The molecule has 0 spiro atoms. The van der Waals surface area contributed by atoms with Crippen LogP contribution in [0.15, 0.2) is 18.6 Å². The molecule has 2 heterocycles. The zero-order chi connectivity index (χ0) is 17.1. The van der Waals surface area contributed by atoms with E-state index in [2.05, 4.69) is 22.2 Å². The molecule has 7 heteroatoms. The number of hydrogen-bond donors (Lipinski definition) is 2. The minimum Gasteiger partial charge on any atom is -0.365 e. The van der Waals surface area contributed by atoms with Crippen LogP contribution in [0.4, 0.5) is 5.00 Å². The molecule has 0 bridgehead atoms. The van der Waals surface area contributed by atoms with Crippen LogP contribution < -0.4 is 11.1 Å². The number of anilines is 1. The van der Waals surface area contributed by atoms with Crippen LogP contribution in [0, 0.1) is 5.92 Å². The lowest BCUT2D eigenvalue weighted by Crippen LogP contribution is -2.20. The van der Waals surface area contributed by atoms with Gasteiger partial charge >= 0.3 is 0 Å². The fourth-order valence-electron chi connectivity index (χ4n) is 3.24. The maximum absolute atomic E-state index is 12.3. The summed E-state index contributed by atoms with van der Waals surface area (Å²) in [4.78, 5) is 33.3. The van der Waals surface area contributed by atoms with Gasteiger partial charge in [0.25, 0.3) is 11.8 Å². The minimum atomic E-state index is -0.490. The van der Waals surface area contributed by atoms with Crippen LogP contribution in [0.2, 0.25) is 0 Å². The number of thiophene rings is 1. The van der Waals surface area contributed by atoms with Crippen LogP contribution in [0.5, 0.6) is 0 Å². The Hall–Kier alpha value is -2.28. The van der Waals surface area contributed by atoms with E-state index in [-0.39, 0.29) is 11.6 Å². The second-order valence-corrected chi connectivity index (χ2v) is 7.12. The molecule has 126 valence electrons. The number of primary amides is 1. The number of hydrogen-bond acceptors (Lipinski definition) is 5. The third-order valence-electron chi connectivity index (χ3n) is 4.33. The molecule has 0 fully saturated rings. The Balaban J connectivity index is 1.88. The van der Waals surface area contributed by atoms with Crippen LogP contribution in [0.1, 0.15) is 57.5 Å². The zero-order valence-electron chi connectivity index (χ0n) is 13.5. The van der Waals surface area contributed by atoms with E-state index < -0.39 is 5.91 Å². The van der Waals surface area contributed by atoms with Crippen molar-refractivity contribution < 1.29 is 9.59 Å². The zero-order valence-corrected chi connectivity index (χ0v) is 14.4. The maximum Gasteiger partial charge on any atom is 0.276 e. The number of nitrogens with one attached hydrogen (secondary N) is 1. The molecule has 1 aliphatic rings. The van der Waals surface area contributed by atoms with Gasteiger partial charge in [0.15, 0.2) is 0 Å². The largest absolute Gasteiger partial charge is 0.365 e. The molecule has 2 aromatic rings. The van der Waals surface area contributed by atoms with Crippen molar-refractivity contribution in [1.82, 2.24) is 9.97 Å². The van der Waals surface area contributed by atoms with Crippen LogP contribution >= 0.6 is 11.3 Å². The van der Waals surface area contributed by atoms with Gasteiger partial charge in [-0.3, -0.25) is 14.6 Å². The number of amides is 2. The Bertz CT molecular complexity index is 757. The molecule has 3 N–H and O–H groups in total. The van der Waals surface area contributed by atoms with E-state index in [1.165, 1.54) is 41.2 Å². The van der Waals surface area contributed by atoms with Crippen molar-refractivity contribution in [1.29, 1.82) is 0 Å². The highest BCUT2D eigenvalue weighted by Crippen LogP contribution is 2.40. The van der Waals surface area contributed by atoms with Gasteiger partial charge in [-0.2, -0.15) is 0 Å². The van der Waals surface area contributed by atoms with Gasteiger partial charge in [0.1, 0.15) is 10.7 Å². The second-order valence-electron chi connectivity index (χ2n) is 6.01. The lowest BCUT2D eigenvalue weighted by Gasteiger charge is -2.21. The standard InChI is InChI=1S/C17H20N4O2S/c1-2-3-10-4-5-11-13(8-10)24-17(14(11)15(18)22)21-16(23)12-9-19-6-7-20-12/h6-7,9-10H,2-5,8H2,1H3,(H2,18,22)(H,21,23). The molecule has 24 heavy (non-hydrogen) atoms. The van der Waals surface area contributed by atoms with E-state index in [4.69, 9.17) is 5.73 Å². The van der Waals surface area contributed by atoms with E-state index in [0.29, 0.717) is 16.5 Å². The molecule has 1 atom stereocenters. The summed E-state index contributed by atoms with van der Waals surface area (Å²) in [6.45, 7) is 2.19. The minimum absolute atomic E-state index is 0.211. The molecule has 2 amide bonds. The second kappa shape index (κ2) is 7.09. The van der Waals surface area contributed by atoms with Crippen molar-refractivity contribution in [2.24, 2.45) is 11.7 Å². The number of fused-ring (bicyclic) bond motifs is 1. The molecule has 1 unspecified atom stereocenters. The van der Waals surface area contributed by atoms with Gasteiger partial charge in [0, 0.05) is 17.3 Å². The molecule has 2 aromatic heterocycles. The van der Waals surface area contributed by atoms with E-state index in [1.807, 2.05) is 0 Å². The normalized spacial score (nSPS) is 16.5. The summed E-state index contributed by atoms with van der Waals surface area (Å²) in [7, 11) is 0. The van der Waals surface area contributed by atoms with Crippen molar-refractivity contribution >= 4 is 28.2 Å². The van der Waals surface area contributed by atoms with E-state index >= 15 is 0 Å². The molecule has 3 rings (SSSR count). The van der Waals surface area contributed by atoms with Crippen molar-refractivity contribution in [2.45, 2.75) is 39.0 Å². The van der Waals surface area contributed by atoms with Gasteiger partial charge in [0.05, 0.1) is 11.8 Å². The molecule has 0 saturated heterocycles. The number of nitrogens with zero attached hydrogens (tertiary/aromatic N) is 2. The molecule has 0 aliphatic heterocycles. The van der Waals surface area contributed by atoms with Gasteiger partial charge < -0.3 is 11.1 Å². The van der Waals surface area contributed by atoms with E-state index in [9.17, 15) is 9.59 Å². The van der Waals surface area contributed by atoms with E-state index in [1.54, 1.807) is 0 Å². The first-order valence-corrected chi connectivity index (χ1v) is 8.93. The quantitative estimate of drug-likeness (QED) is 0.871. The summed E-state index contributed by atoms with van der Waals surface area (Å²) in [5, 5.41) is 3.32. The third kappa shape index (κ3) is 3.31. The molecular formula is C17H20N4O2S. The Morgan fingerprint density at radius 2 is 2.25 bits per heavy atom. The molecule has 6 nitrogen and oxygen atoms in total. The number of carbonyl (C=O) groups excluding carboxylic acids is 2. The molecule has 0 saturated carbocycles. The smallest absolute Gasteiger partial charge is 0.276 e. The fraction of sp³-hybridized carbons (Fsp3) is 0.412.